The first-order valence-corrected chi connectivity index (χ1v) is 7.69. The molecule has 0 saturated carbocycles. The second-order valence-electron chi connectivity index (χ2n) is 4.31. The quantitative estimate of drug-likeness (QED) is 0.905. The summed E-state index contributed by atoms with van der Waals surface area (Å²) in [6.07, 6.45) is 0.993. The van der Waals surface area contributed by atoms with Crippen molar-refractivity contribution in [2.24, 2.45) is 5.73 Å². The summed E-state index contributed by atoms with van der Waals surface area (Å²) < 4.78 is 6.40. The third-order valence-corrected chi connectivity index (χ3v) is 5.29. The molecule has 1 fully saturated rings. The second kappa shape index (κ2) is 6.23. The van der Waals surface area contributed by atoms with Gasteiger partial charge in [0.25, 0.3) is 0 Å². The third kappa shape index (κ3) is 3.25. The first-order valence-electron chi connectivity index (χ1n) is 5.95. The van der Waals surface area contributed by atoms with E-state index in [4.69, 9.17) is 10.5 Å². The van der Waals surface area contributed by atoms with Gasteiger partial charge in [0.1, 0.15) is 0 Å². The number of hydrogen-bond donors (Lipinski definition) is 1. The van der Waals surface area contributed by atoms with Crippen LogP contribution in [0.15, 0.2) is 28.7 Å². The Morgan fingerprint density at radius 1 is 1.47 bits per heavy atom. The molecule has 0 aromatic heterocycles. The molecule has 2 atom stereocenters. The van der Waals surface area contributed by atoms with Crippen molar-refractivity contribution in [3.63, 3.8) is 0 Å². The molecular weight excluding hydrogens is 298 g/mol. The van der Waals surface area contributed by atoms with E-state index in [1.807, 2.05) is 17.8 Å². The first kappa shape index (κ1) is 13.4. The van der Waals surface area contributed by atoms with Crippen molar-refractivity contribution >= 4 is 27.7 Å². The van der Waals surface area contributed by atoms with Gasteiger partial charge in [0, 0.05) is 15.8 Å². The van der Waals surface area contributed by atoms with Crippen molar-refractivity contribution in [1.29, 1.82) is 0 Å². The molecular formula is C13H18BrNOS. The second-order valence-corrected chi connectivity index (χ2v) is 6.61. The largest absolute Gasteiger partial charge is 0.379 e. The van der Waals surface area contributed by atoms with E-state index >= 15 is 0 Å². The van der Waals surface area contributed by atoms with E-state index in [-0.39, 0.29) is 6.04 Å². The zero-order valence-corrected chi connectivity index (χ0v) is 12.3. The van der Waals surface area contributed by atoms with Crippen LogP contribution in [0.1, 0.15) is 24.2 Å². The number of ether oxygens (including phenoxy) is 1. The maximum absolute atomic E-state index is 6.26. The standard InChI is InChI=1S/C13H18BrNOS/c1-2-12(15)13(17-9-7-16-8-9)10-5-3-4-6-11(10)14/h3-6,9,12-13H,2,7-8,15H2,1H3. The Labute approximate surface area is 115 Å². The summed E-state index contributed by atoms with van der Waals surface area (Å²) in [5, 5.41) is 0.953. The zero-order valence-electron chi connectivity index (χ0n) is 9.93. The molecule has 1 saturated heterocycles. The average Bonchev–Trinajstić information content (AvgIpc) is 2.29. The molecule has 94 valence electrons. The van der Waals surface area contributed by atoms with Crippen molar-refractivity contribution in [3.05, 3.63) is 34.3 Å². The summed E-state index contributed by atoms with van der Waals surface area (Å²) in [7, 11) is 0. The first-order chi connectivity index (χ1) is 8.22. The molecule has 1 aromatic rings. The van der Waals surface area contributed by atoms with Crippen LogP contribution in [0.2, 0.25) is 0 Å². The SMILES string of the molecule is CCC(N)C(SC1COC1)c1ccccc1Br. The van der Waals surface area contributed by atoms with Crippen LogP contribution in [-0.2, 0) is 4.74 Å². The molecule has 1 aromatic carbocycles. The Hall–Kier alpha value is -0.0300. The smallest absolute Gasteiger partial charge is 0.0608 e. The fraction of sp³-hybridized carbons (Fsp3) is 0.538. The summed E-state index contributed by atoms with van der Waals surface area (Å²) in [5.74, 6) is 0. The van der Waals surface area contributed by atoms with Crippen LogP contribution in [0.25, 0.3) is 0 Å². The molecule has 17 heavy (non-hydrogen) atoms. The molecule has 1 heterocycles. The molecule has 2 rings (SSSR count). The van der Waals surface area contributed by atoms with Gasteiger partial charge < -0.3 is 10.5 Å². The molecule has 0 radical (unpaired) electrons. The van der Waals surface area contributed by atoms with Crippen molar-refractivity contribution < 1.29 is 4.74 Å². The fourth-order valence-electron chi connectivity index (χ4n) is 1.82. The Balaban J connectivity index is 2.16. The van der Waals surface area contributed by atoms with Gasteiger partial charge in [0.15, 0.2) is 0 Å². The predicted molar refractivity (Wildman–Crippen MR) is 77.3 cm³/mol. The van der Waals surface area contributed by atoms with E-state index in [2.05, 4.69) is 41.1 Å². The summed E-state index contributed by atoms with van der Waals surface area (Å²) in [4.78, 5) is 0. The van der Waals surface area contributed by atoms with Crippen molar-refractivity contribution in [2.45, 2.75) is 29.9 Å². The minimum absolute atomic E-state index is 0.194. The summed E-state index contributed by atoms with van der Waals surface area (Å²) in [5.41, 5.74) is 7.57. The lowest BCUT2D eigenvalue weighted by Crippen LogP contribution is -2.35. The maximum atomic E-state index is 6.26. The number of benzene rings is 1. The molecule has 0 amide bonds. The number of hydrogen-bond acceptors (Lipinski definition) is 3. The minimum atomic E-state index is 0.194. The van der Waals surface area contributed by atoms with E-state index in [9.17, 15) is 0 Å². The van der Waals surface area contributed by atoms with Crippen LogP contribution in [0, 0.1) is 0 Å². The zero-order chi connectivity index (χ0) is 12.3. The highest BCUT2D eigenvalue weighted by Crippen LogP contribution is 2.40. The Bertz CT molecular complexity index is 370. The van der Waals surface area contributed by atoms with E-state index in [0.29, 0.717) is 10.5 Å². The van der Waals surface area contributed by atoms with Gasteiger partial charge in [0.2, 0.25) is 0 Å². The highest BCUT2D eigenvalue weighted by molar-refractivity contribution is 9.10. The van der Waals surface area contributed by atoms with Gasteiger partial charge in [-0.3, -0.25) is 0 Å². The van der Waals surface area contributed by atoms with Gasteiger partial charge in [-0.2, -0.15) is 0 Å². The van der Waals surface area contributed by atoms with E-state index < -0.39 is 0 Å². The summed E-state index contributed by atoms with van der Waals surface area (Å²) in [6.45, 7) is 3.87. The summed E-state index contributed by atoms with van der Waals surface area (Å²) >= 11 is 5.58. The molecule has 1 aliphatic rings. The monoisotopic (exact) mass is 315 g/mol. The van der Waals surface area contributed by atoms with Crippen LogP contribution in [-0.4, -0.2) is 24.5 Å². The van der Waals surface area contributed by atoms with E-state index in [0.717, 1.165) is 24.1 Å². The number of halogens is 1. The Morgan fingerprint density at radius 2 is 2.18 bits per heavy atom. The lowest BCUT2D eigenvalue weighted by molar-refractivity contribution is 0.0452. The maximum Gasteiger partial charge on any atom is 0.0608 e. The van der Waals surface area contributed by atoms with Crippen LogP contribution in [0.5, 0.6) is 0 Å². The highest BCUT2D eigenvalue weighted by Gasteiger charge is 2.28. The normalized spacial score (nSPS) is 19.7. The summed E-state index contributed by atoms with van der Waals surface area (Å²) in [6, 6.07) is 8.56. The number of rotatable bonds is 5. The van der Waals surface area contributed by atoms with Crippen molar-refractivity contribution in [2.75, 3.05) is 13.2 Å². The van der Waals surface area contributed by atoms with Gasteiger partial charge >= 0.3 is 0 Å². The van der Waals surface area contributed by atoms with Gasteiger partial charge in [0.05, 0.1) is 18.5 Å². The fourth-order valence-corrected chi connectivity index (χ4v) is 4.02. The van der Waals surface area contributed by atoms with Gasteiger partial charge in [-0.15, -0.1) is 11.8 Å². The molecule has 1 aliphatic heterocycles. The van der Waals surface area contributed by atoms with Crippen LogP contribution < -0.4 is 5.73 Å². The number of thioether (sulfide) groups is 1. The predicted octanol–water partition coefficient (Wildman–Crippen LogP) is 3.36. The highest BCUT2D eigenvalue weighted by atomic mass is 79.9. The van der Waals surface area contributed by atoms with Gasteiger partial charge in [-0.05, 0) is 18.1 Å². The van der Waals surface area contributed by atoms with Crippen molar-refractivity contribution in [1.82, 2.24) is 0 Å². The van der Waals surface area contributed by atoms with E-state index in [1.54, 1.807) is 0 Å². The van der Waals surface area contributed by atoms with Gasteiger partial charge in [-0.25, -0.2) is 0 Å². The van der Waals surface area contributed by atoms with Crippen LogP contribution in [0.4, 0.5) is 0 Å². The lowest BCUT2D eigenvalue weighted by Gasteiger charge is -2.32. The number of nitrogens with two attached hydrogens (primary N) is 1. The van der Waals surface area contributed by atoms with Crippen molar-refractivity contribution in [3.8, 4) is 0 Å². The van der Waals surface area contributed by atoms with Gasteiger partial charge in [-0.1, -0.05) is 41.1 Å². The molecule has 0 aliphatic carbocycles. The average molecular weight is 316 g/mol. The van der Waals surface area contributed by atoms with Crippen LogP contribution >= 0.6 is 27.7 Å². The molecule has 0 bridgehead atoms. The third-order valence-electron chi connectivity index (χ3n) is 3.02. The molecule has 2 N–H and O–H groups in total. The van der Waals surface area contributed by atoms with Crippen LogP contribution in [0.3, 0.4) is 0 Å². The Kier molecular flexibility index (Phi) is 4.91. The molecule has 2 nitrogen and oxygen atoms in total. The topological polar surface area (TPSA) is 35.2 Å². The Morgan fingerprint density at radius 3 is 2.71 bits per heavy atom. The molecule has 2 unspecified atom stereocenters. The minimum Gasteiger partial charge on any atom is -0.379 e. The molecule has 4 heteroatoms. The van der Waals surface area contributed by atoms with E-state index in [1.165, 1.54) is 5.56 Å². The molecule has 0 spiro atoms. The lowest BCUT2D eigenvalue weighted by atomic mass is 10.0.